The van der Waals surface area contributed by atoms with Crippen LogP contribution in [0, 0.1) is 0 Å². The fraction of sp³-hybridized carbons (Fsp3) is 0.286. The van der Waals surface area contributed by atoms with E-state index < -0.39 is 11.9 Å². The largest absolute Gasteiger partial charge is 0.486 e. The SMILES string of the molecule is CC=CC(=O)OCC(=O)Nc1ccc2c(c1)OCCO2. The Bertz CT molecular complexity index is 538. The highest BCUT2D eigenvalue weighted by molar-refractivity contribution is 5.94. The van der Waals surface area contributed by atoms with Gasteiger partial charge in [0.25, 0.3) is 5.91 Å². The summed E-state index contributed by atoms with van der Waals surface area (Å²) in [5.41, 5.74) is 0.557. The van der Waals surface area contributed by atoms with Gasteiger partial charge in [0.1, 0.15) is 13.2 Å². The van der Waals surface area contributed by atoms with Crippen molar-refractivity contribution >= 4 is 17.6 Å². The van der Waals surface area contributed by atoms with Crippen molar-refractivity contribution in [3.05, 3.63) is 30.4 Å². The molecular formula is C14H15NO5. The van der Waals surface area contributed by atoms with Gasteiger partial charge in [0.05, 0.1) is 0 Å². The number of carbonyl (C=O) groups is 2. The number of nitrogens with one attached hydrogen (secondary N) is 1. The lowest BCUT2D eigenvalue weighted by atomic mass is 10.2. The Balaban J connectivity index is 1.89. The molecule has 0 radical (unpaired) electrons. The number of fused-ring (bicyclic) bond motifs is 1. The van der Waals surface area contributed by atoms with Crippen molar-refractivity contribution < 1.29 is 23.8 Å². The highest BCUT2D eigenvalue weighted by Crippen LogP contribution is 2.32. The van der Waals surface area contributed by atoms with Crippen molar-refractivity contribution in [2.24, 2.45) is 0 Å². The highest BCUT2D eigenvalue weighted by Gasteiger charge is 2.13. The number of rotatable bonds is 4. The molecule has 20 heavy (non-hydrogen) atoms. The zero-order chi connectivity index (χ0) is 14.4. The van der Waals surface area contributed by atoms with Gasteiger partial charge >= 0.3 is 5.97 Å². The molecule has 6 nitrogen and oxygen atoms in total. The van der Waals surface area contributed by atoms with Gasteiger partial charge in [-0.2, -0.15) is 0 Å². The molecule has 1 aliphatic rings. The minimum Gasteiger partial charge on any atom is -0.486 e. The molecule has 0 atom stereocenters. The number of esters is 1. The van der Waals surface area contributed by atoms with E-state index in [-0.39, 0.29) is 6.61 Å². The molecule has 1 aliphatic heterocycles. The maximum atomic E-state index is 11.6. The predicted molar refractivity (Wildman–Crippen MR) is 71.8 cm³/mol. The van der Waals surface area contributed by atoms with Gasteiger partial charge in [0.15, 0.2) is 18.1 Å². The average Bonchev–Trinajstić information content (AvgIpc) is 2.45. The molecule has 1 N–H and O–H groups in total. The molecule has 0 saturated carbocycles. The van der Waals surface area contributed by atoms with Crippen LogP contribution in [-0.2, 0) is 14.3 Å². The van der Waals surface area contributed by atoms with Crippen LogP contribution >= 0.6 is 0 Å². The second-order valence-electron chi connectivity index (χ2n) is 4.01. The first-order chi connectivity index (χ1) is 9.69. The third-order valence-electron chi connectivity index (χ3n) is 2.47. The molecule has 0 bridgehead atoms. The summed E-state index contributed by atoms with van der Waals surface area (Å²) in [5, 5.41) is 2.61. The molecule has 1 aromatic carbocycles. The Hall–Kier alpha value is -2.50. The van der Waals surface area contributed by atoms with Gasteiger partial charge < -0.3 is 19.5 Å². The lowest BCUT2D eigenvalue weighted by molar-refractivity contribution is -0.142. The second-order valence-corrected chi connectivity index (χ2v) is 4.01. The molecule has 0 fully saturated rings. The van der Waals surface area contributed by atoms with Gasteiger partial charge in [-0.15, -0.1) is 0 Å². The molecule has 6 heteroatoms. The van der Waals surface area contributed by atoms with Crippen LogP contribution < -0.4 is 14.8 Å². The van der Waals surface area contributed by atoms with E-state index in [1.807, 2.05) is 0 Å². The summed E-state index contributed by atoms with van der Waals surface area (Å²) in [5.74, 6) is 0.262. The van der Waals surface area contributed by atoms with Gasteiger partial charge in [-0.1, -0.05) is 6.08 Å². The molecule has 0 saturated heterocycles. The van der Waals surface area contributed by atoms with Crippen molar-refractivity contribution in [2.45, 2.75) is 6.92 Å². The van der Waals surface area contributed by atoms with Gasteiger partial charge in [-0.25, -0.2) is 4.79 Å². The lowest BCUT2D eigenvalue weighted by Crippen LogP contribution is -2.20. The predicted octanol–water partition coefficient (Wildman–Crippen LogP) is 1.52. The number of allylic oxidation sites excluding steroid dienone is 1. The molecule has 1 heterocycles. The molecule has 0 unspecified atom stereocenters. The first-order valence-corrected chi connectivity index (χ1v) is 6.18. The minimum atomic E-state index is -0.551. The zero-order valence-corrected chi connectivity index (χ0v) is 11.0. The maximum absolute atomic E-state index is 11.6. The number of carbonyl (C=O) groups excluding carboxylic acids is 2. The molecule has 106 valence electrons. The maximum Gasteiger partial charge on any atom is 0.330 e. The molecular weight excluding hydrogens is 262 g/mol. The van der Waals surface area contributed by atoms with Crippen molar-refractivity contribution in [3.63, 3.8) is 0 Å². The van der Waals surface area contributed by atoms with Gasteiger partial charge in [-0.05, 0) is 19.1 Å². The number of benzene rings is 1. The van der Waals surface area contributed by atoms with Crippen LogP contribution in [0.5, 0.6) is 11.5 Å². The summed E-state index contributed by atoms with van der Waals surface area (Å²) in [7, 11) is 0. The van der Waals surface area contributed by atoms with Crippen LogP contribution in [0.1, 0.15) is 6.92 Å². The molecule has 0 aliphatic carbocycles. The summed E-state index contributed by atoms with van der Waals surface area (Å²) in [6, 6.07) is 5.08. The summed E-state index contributed by atoms with van der Waals surface area (Å²) >= 11 is 0. The van der Waals surface area contributed by atoms with E-state index in [4.69, 9.17) is 14.2 Å². The zero-order valence-electron chi connectivity index (χ0n) is 11.0. The number of anilines is 1. The second kappa shape index (κ2) is 6.60. The van der Waals surface area contributed by atoms with E-state index >= 15 is 0 Å². The number of hydrogen-bond acceptors (Lipinski definition) is 5. The van der Waals surface area contributed by atoms with E-state index in [9.17, 15) is 9.59 Å². The smallest absolute Gasteiger partial charge is 0.330 e. The fourth-order valence-corrected chi connectivity index (χ4v) is 1.64. The highest BCUT2D eigenvalue weighted by atomic mass is 16.6. The Morgan fingerprint density at radius 1 is 1.30 bits per heavy atom. The van der Waals surface area contributed by atoms with E-state index in [1.54, 1.807) is 31.2 Å². The fourth-order valence-electron chi connectivity index (χ4n) is 1.64. The summed E-state index contributed by atoms with van der Waals surface area (Å²) in [4.78, 5) is 22.7. The minimum absolute atomic E-state index is 0.336. The van der Waals surface area contributed by atoms with Gasteiger partial charge in [-0.3, -0.25) is 4.79 Å². The molecule has 0 spiro atoms. The third kappa shape index (κ3) is 3.74. The standard InChI is InChI=1S/C14H15NO5/c1-2-3-14(17)20-9-13(16)15-10-4-5-11-12(8-10)19-7-6-18-11/h2-5,8H,6-7,9H2,1H3,(H,15,16). The normalized spacial score (nSPS) is 13.1. The van der Waals surface area contributed by atoms with Crippen LogP contribution in [0.3, 0.4) is 0 Å². The molecule has 0 aromatic heterocycles. The molecule has 1 aromatic rings. The van der Waals surface area contributed by atoms with E-state index in [0.717, 1.165) is 0 Å². The third-order valence-corrected chi connectivity index (χ3v) is 2.47. The molecule has 2 rings (SSSR count). The topological polar surface area (TPSA) is 73.9 Å². The van der Waals surface area contributed by atoms with Gasteiger partial charge in [0.2, 0.25) is 0 Å². The van der Waals surface area contributed by atoms with Crippen LogP contribution in [-0.4, -0.2) is 31.7 Å². The molecule has 1 amide bonds. The first kappa shape index (κ1) is 13.9. The number of ether oxygens (including phenoxy) is 3. The van der Waals surface area contributed by atoms with Crippen molar-refractivity contribution in [3.8, 4) is 11.5 Å². The Morgan fingerprint density at radius 2 is 2.05 bits per heavy atom. The van der Waals surface area contributed by atoms with Crippen LogP contribution in [0.2, 0.25) is 0 Å². The van der Waals surface area contributed by atoms with E-state index in [1.165, 1.54) is 6.08 Å². The van der Waals surface area contributed by atoms with E-state index in [2.05, 4.69) is 5.32 Å². The lowest BCUT2D eigenvalue weighted by Gasteiger charge is -2.18. The quantitative estimate of drug-likeness (QED) is 0.667. The summed E-state index contributed by atoms with van der Waals surface area (Å²) < 4.78 is 15.5. The number of hydrogen-bond donors (Lipinski definition) is 1. The Kier molecular flexibility index (Phi) is 4.60. The van der Waals surface area contributed by atoms with Crippen LogP contribution in [0.4, 0.5) is 5.69 Å². The van der Waals surface area contributed by atoms with Crippen molar-refractivity contribution in [1.29, 1.82) is 0 Å². The van der Waals surface area contributed by atoms with Crippen LogP contribution in [0.25, 0.3) is 0 Å². The number of amides is 1. The van der Waals surface area contributed by atoms with E-state index in [0.29, 0.717) is 30.4 Å². The van der Waals surface area contributed by atoms with Crippen molar-refractivity contribution in [1.82, 2.24) is 0 Å². The monoisotopic (exact) mass is 277 g/mol. The Labute approximate surface area is 116 Å². The van der Waals surface area contributed by atoms with Crippen molar-refractivity contribution in [2.75, 3.05) is 25.1 Å². The van der Waals surface area contributed by atoms with Crippen LogP contribution in [0.15, 0.2) is 30.4 Å². The summed E-state index contributed by atoms with van der Waals surface area (Å²) in [6.07, 6.45) is 2.79. The summed E-state index contributed by atoms with van der Waals surface area (Å²) in [6.45, 7) is 2.35. The van der Waals surface area contributed by atoms with Gasteiger partial charge in [0, 0.05) is 17.8 Å². The average molecular weight is 277 g/mol. The first-order valence-electron chi connectivity index (χ1n) is 6.18. The Morgan fingerprint density at radius 3 is 2.80 bits per heavy atom.